The summed E-state index contributed by atoms with van der Waals surface area (Å²) in [6.07, 6.45) is 2.63. The number of nitrogens with one attached hydrogen (secondary N) is 1. The van der Waals surface area contributed by atoms with Crippen LogP contribution < -0.4 is 5.43 Å². The van der Waals surface area contributed by atoms with E-state index in [2.05, 4.69) is 15.5 Å². The Morgan fingerprint density at radius 2 is 2.19 bits per heavy atom. The van der Waals surface area contributed by atoms with E-state index in [1.54, 1.807) is 12.1 Å². The van der Waals surface area contributed by atoms with Crippen molar-refractivity contribution in [3.8, 4) is 0 Å². The number of rotatable bonds is 4. The van der Waals surface area contributed by atoms with Crippen molar-refractivity contribution in [3.63, 3.8) is 0 Å². The Labute approximate surface area is 118 Å². The molecule has 0 fully saturated rings. The summed E-state index contributed by atoms with van der Waals surface area (Å²) in [7, 11) is 0. The second-order valence-electron chi connectivity index (χ2n) is 3.88. The van der Waals surface area contributed by atoms with Gasteiger partial charge in [0.05, 0.1) is 11.1 Å². The normalized spacial score (nSPS) is 10.5. The van der Waals surface area contributed by atoms with Crippen molar-refractivity contribution < 1.29 is 14.1 Å². The highest BCUT2D eigenvalue weighted by Gasteiger charge is 2.13. The molecule has 7 nitrogen and oxygen atoms in total. The van der Waals surface area contributed by atoms with Gasteiger partial charge in [-0.25, -0.2) is 5.43 Å². The van der Waals surface area contributed by atoms with Gasteiger partial charge in [0.25, 0.3) is 5.91 Å². The van der Waals surface area contributed by atoms with Crippen LogP contribution in [0, 0.1) is 15.9 Å². The monoisotopic (exact) mass is 288 g/mol. The first-order valence-corrected chi connectivity index (χ1v) is 5.76. The van der Waals surface area contributed by atoms with Gasteiger partial charge in [0.1, 0.15) is 5.69 Å². The number of hydrazone groups is 1. The molecule has 0 aliphatic carbocycles. The molecule has 0 atom stereocenters. The number of pyridine rings is 1. The van der Waals surface area contributed by atoms with Crippen molar-refractivity contribution in [2.45, 2.75) is 0 Å². The second-order valence-corrected chi connectivity index (χ2v) is 3.88. The molecule has 2 aromatic rings. The third kappa shape index (κ3) is 3.66. The quantitative estimate of drug-likeness (QED) is 0.527. The molecule has 106 valence electrons. The molecule has 0 saturated carbocycles. The molecule has 1 heterocycles. The van der Waals surface area contributed by atoms with Crippen LogP contribution in [0.4, 0.5) is 10.1 Å². The largest absolute Gasteiger partial charge is 0.305 e. The minimum atomic E-state index is -0.935. The molecule has 1 amide bonds. The Morgan fingerprint density at radius 1 is 1.38 bits per heavy atom. The van der Waals surface area contributed by atoms with Gasteiger partial charge < -0.3 is 0 Å². The summed E-state index contributed by atoms with van der Waals surface area (Å²) < 4.78 is 13.1. The minimum Gasteiger partial charge on any atom is -0.266 e. The lowest BCUT2D eigenvalue weighted by molar-refractivity contribution is -0.387. The van der Waals surface area contributed by atoms with Gasteiger partial charge in [-0.3, -0.25) is 19.9 Å². The van der Waals surface area contributed by atoms with Crippen LogP contribution in [-0.2, 0) is 0 Å². The first-order chi connectivity index (χ1) is 10.1. The lowest BCUT2D eigenvalue weighted by atomic mass is 10.2. The van der Waals surface area contributed by atoms with E-state index in [9.17, 15) is 19.3 Å². The summed E-state index contributed by atoms with van der Waals surface area (Å²) in [6, 6.07) is 8.10. The van der Waals surface area contributed by atoms with Gasteiger partial charge in [0.15, 0.2) is 0 Å². The molecule has 0 unspecified atom stereocenters. The van der Waals surface area contributed by atoms with Crippen molar-refractivity contribution in [2.75, 3.05) is 0 Å². The molecule has 0 aliphatic heterocycles. The van der Waals surface area contributed by atoms with Gasteiger partial charge in [-0.2, -0.15) is 9.49 Å². The fraction of sp³-hybridized carbons (Fsp3) is 0. The van der Waals surface area contributed by atoms with Crippen LogP contribution in [0.25, 0.3) is 0 Å². The molecule has 2 rings (SSSR count). The number of nitro benzene ring substituents is 1. The van der Waals surface area contributed by atoms with Crippen LogP contribution in [0.5, 0.6) is 0 Å². The topological polar surface area (TPSA) is 97.5 Å². The standard InChI is InChI=1S/C13H9FN4O3/c14-10-5-4-9(7-12(10)18(20)21)8-16-17-13(19)11-3-1-2-6-15-11/h1-8H,(H,17,19)/b16-8+. The molecular formula is C13H9FN4O3. The minimum absolute atomic E-state index is 0.180. The van der Waals surface area contributed by atoms with Gasteiger partial charge in [-0.15, -0.1) is 0 Å². The number of hydrogen-bond acceptors (Lipinski definition) is 5. The first-order valence-electron chi connectivity index (χ1n) is 5.76. The summed E-state index contributed by atoms with van der Waals surface area (Å²) in [5.41, 5.74) is 2.02. The summed E-state index contributed by atoms with van der Waals surface area (Å²) in [4.78, 5) is 25.2. The average Bonchev–Trinajstić information content (AvgIpc) is 2.49. The molecule has 8 heteroatoms. The second kappa shape index (κ2) is 6.33. The van der Waals surface area contributed by atoms with E-state index in [0.29, 0.717) is 0 Å². The zero-order valence-electron chi connectivity index (χ0n) is 10.6. The molecule has 1 aromatic carbocycles. The first kappa shape index (κ1) is 14.3. The van der Waals surface area contributed by atoms with Gasteiger partial charge in [-0.05, 0) is 24.3 Å². The zero-order chi connectivity index (χ0) is 15.2. The van der Waals surface area contributed by atoms with Gasteiger partial charge in [-0.1, -0.05) is 6.07 Å². The Morgan fingerprint density at radius 3 is 2.86 bits per heavy atom. The predicted octanol–water partition coefficient (Wildman–Crippen LogP) is 1.89. The van der Waals surface area contributed by atoms with E-state index >= 15 is 0 Å². The van der Waals surface area contributed by atoms with E-state index < -0.39 is 22.3 Å². The van der Waals surface area contributed by atoms with E-state index in [1.807, 2.05) is 0 Å². The van der Waals surface area contributed by atoms with Gasteiger partial charge in [0.2, 0.25) is 5.82 Å². The maximum atomic E-state index is 13.1. The van der Waals surface area contributed by atoms with Gasteiger partial charge >= 0.3 is 5.69 Å². The average molecular weight is 288 g/mol. The van der Waals surface area contributed by atoms with E-state index in [-0.39, 0.29) is 11.3 Å². The smallest absolute Gasteiger partial charge is 0.266 e. The number of carbonyl (C=O) groups is 1. The molecule has 21 heavy (non-hydrogen) atoms. The summed E-state index contributed by atoms with van der Waals surface area (Å²) in [6.45, 7) is 0. The van der Waals surface area contributed by atoms with Crippen LogP contribution in [0.3, 0.4) is 0 Å². The molecule has 1 aromatic heterocycles. The van der Waals surface area contributed by atoms with E-state index in [1.165, 1.54) is 24.5 Å². The van der Waals surface area contributed by atoms with E-state index in [0.717, 1.165) is 12.1 Å². The molecule has 0 spiro atoms. The molecule has 1 N–H and O–H groups in total. The highest BCUT2D eigenvalue weighted by Crippen LogP contribution is 2.17. The van der Waals surface area contributed by atoms with Crippen molar-refractivity contribution in [1.29, 1.82) is 0 Å². The lowest BCUT2D eigenvalue weighted by Crippen LogP contribution is -2.18. The molecule has 0 saturated heterocycles. The number of amides is 1. The van der Waals surface area contributed by atoms with Crippen LogP contribution in [-0.4, -0.2) is 22.0 Å². The number of nitro groups is 1. The number of aromatic nitrogens is 1. The maximum absolute atomic E-state index is 13.1. The number of nitrogens with zero attached hydrogens (tertiary/aromatic N) is 3. The summed E-state index contributed by atoms with van der Waals surface area (Å²) in [5.74, 6) is -1.46. The molecule has 0 aliphatic rings. The van der Waals surface area contributed by atoms with Crippen molar-refractivity contribution in [2.24, 2.45) is 5.10 Å². The Bertz CT molecular complexity index is 704. The van der Waals surface area contributed by atoms with Gasteiger partial charge in [0, 0.05) is 17.8 Å². The number of hydrogen-bond donors (Lipinski definition) is 1. The van der Waals surface area contributed by atoms with Crippen LogP contribution in [0.1, 0.15) is 16.1 Å². The molecule has 0 radical (unpaired) electrons. The Hall–Kier alpha value is -3.16. The Balaban J connectivity index is 2.07. The summed E-state index contributed by atoms with van der Waals surface area (Å²) >= 11 is 0. The summed E-state index contributed by atoms with van der Waals surface area (Å²) in [5, 5.41) is 14.2. The number of halogens is 1. The SMILES string of the molecule is O=C(N/N=C/c1ccc(F)c([N+](=O)[O-])c1)c1ccccn1. The number of benzene rings is 1. The zero-order valence-corrected chi connectivity index (χ0v) is 10.6. The predicted molar refractivity (Wildman–Crippen MR) is 72.4 cm³/mol. The Kier molecular flexibility index (Phi) is 4.30. The maximum Gasteiger partial charge on any atom is 0.305 e. The fourth-order valence-electron chi connectivity index (χ4n) is 1.47. The third-order valence-corrected chi connectivity index (χ3v) is 2.44. The van der Waals surface area contributed by atoms with Crippen LogP contribution in [0.2, 0.25) is 0 Å². The van der Waals surface area contributed by atoms with E-state index in [4.69, 9.17) is 0 Å². The highest BCUT2D eigenvalue weighted by molar-refractivity contribution is 5.93. The van der Waals surface area contributed by atoms with Crippen LogP contribution >= 0.6 is 0 Å². The third-order valence-electron chi connectivity index (χ3n) is 2.44. The van der Waals surface area contributed by atoms with Crippen molar-refractivity contribution >= 4 is 17.8 Å². The fourth-order valence-corrected chi connectivity index (χ4v) is 1.47. The van der Waals surface area contributed by atoms with Crippen molar-refractivity contribution in [3.05, 3.63) is 69.8 Å². The molecule has 0 bridgehead atoms. The van der Waals surface area contributed by atoms with Crippen molar-refractivity contribution in [1.82, 2.24) is 10.4 Å². The molecular weight excluding hydrogens is 279 g/mol. The number of carbonyl (C=O) groups excluding carboxylic acids is 1. The van der Waals surface area contributed by atoms with Crippen LogP contribution in [0.15, 0.2) is 47.7 Å². The highest BCUT2D eigenvalue weighted by atomic mass is 19.1. The lowest BCUT2D eigenvalue weighted by Gasteiger charge is -1.98.